The van der Waals surface area contributed by atoms with Crippen LogP contribution in [0.3, 0.4) is 0 Å². The molecule has 3 fully saturated rings. The highest BCUT2D eigenvalue weighted by atomic mass is 19.4. The molecule has 2 saturated carbocycles. The second kappa shape index (κ2) is 7.16. The minimum Gasteiger partial charge on any atom is -0.462 e. The molecule has 2 unspecified atom stereocenters. The number of piperidine rings is 1. The van der Waals surface area contributed by atoms with E-state index >= 15 is 4.39 Å². The number of nitrogens with one attached hydrogen (secondary N) is 1. The van der Waals surface area contributed by atoms with Gasteiger partial charge in [-0.05, 0) is 32.3 Å². The Bertz CT molecular complexity index is 1240. The van der Waals surface area contributed by atoms with Crippen LogP contribution in [0.4, 0.5) is 23.4 Å². The third kappa shape index (κ3) is 3.61. The molecule has 1 N–H and O–H groups in total. The number of pyridine rings is 2. The number of carbonyl (C=O) groups excluding carboxylic acids is 2. The van der Waals surface area contributed by atoms with Gasteiger partial charge < -0.3 is 19.5 Å². The predicted molar refractivity (Wildman–Crippen MR) is 107 cm³/mol. The Hall–Kier alpha value is -3.18. The minimum atomic E-state index is -5.00. The minimum absolute atomic E-state index is 0.00326. The van der Waals surface area contributed by atoms with Crippen LogP contribution in [0.25, 0.3) is 11.0 Å². The molecule has 0 aromatic carbocycles. The molecule has 176 valence electrons. The molecule has 33 heavy (non-hydrogen) atoms. The van der Waals surface area contributed by atoms with E-state index < -0.39 is 34.8 Å². The first-order chi connectivity index (χ1) is 15.5. The maximum atomic E-state index is 15.1. The molecule has 1 saturated heterocycles. The molecular formula is C21H20F4N4O4. The Morgan fingerprint density at radius 2 is 2.06 bits per heavy atom. The SMILES string of the molecule is CCOC(=O)c1cn(C2CC2)c2nc(N3CC4CC4(NC(=O)C(F)(F)F)C3)c(F)cc2c1=O. The number of carbonyl (C=O) groups is 2. The average molecular weight is 468 g/mol. The van der Waals surface area contributed by atoms with Gasteiger partial charge in [0.15, 0.2) is 11.6 Å². The molecule has 2 aromatic rings. The summed E-state index contributed by atoms with van der Waals surface area (Å²) in [4.78, 5) is 42.4. The second-order valence-corrected chi connectivity index (χ2v) is 8.79. The number of ether oxygens (including phenoxy) is 1. The average Bonchev–Trinajstić information content (AvgIpc) is 3.65. The monoisotopic (exact) mass is 468 g/mol. The molecule has 5 rings (SSSR count). The lowest BCUT2D eigenvalue weighted by Gasteiger charge is -2.24. The van der Waals surface area contributed by atoms with Crippen molar-refractivity contribution < 1.29 is 31.9 Å². The fourth-order valence-electron chi connectivity index (χ4n) is 4.58. The first-order valence-electron chi connectivity index (χ1n) is 10.6. The van der Waals surface area contributed by atoms with Crippen LogP contribution in [0.5, 0.6) is 0 Å². The zero-order chi connectivity index (χ0) is 23.7. The second-order valence-electron chi connectivity index (χ2n) is 8.79. The van der Waals surface area contributed by atoms with E-state index in [1.165, 1.54) is 11.1 Å². The van der Waals surface area contributed by atoms with Crippen molar-refractivity contribution in [3.63, 3.8) is 0 Å². The third-order valence-electron chi connectivity index (χ3n) is 6.44. The van der Waals surface area contributed by atoms with Gasteiger partial charge in [-0.25, -0.2) is 14.2 Å². The van der Waals surface area contributed by atoms with Crippen LogP contribution in [0.15, 0.2) is 17.1 Å². The third-order valence-corrected chi connectivity index (χ3v) is 6.44. The molecule has 12 heteroatoms. The molecule has 1 amide bonds. The quantitative estimate of drug-likeness (QED) is 0.535. The molecule has 0 bridgehead atoms. The fraction of sp³-hybridized carbons (Fsp3) is 0.524. The van der Waals surface area contributed by atoms with Gasteiger partial charge in [0.1, 0.15) is 11.2 Å². The summed E-state index contributed by atoms with van der Waals surface area (Å²) in [5.74, 6) is -4.01. The standard InChI is InChI=1S/C21H20F4N4O4/c1-2-33-18(31)13-8-29(11-3-4-11)16-12(15(13)30)5-14(22)17(26-16)28-7-10-6-20(10,9-28)27-19(32)21(23,24)25/h5,8,10-11H,2-4,6-7,9H2,1H3,(H,27,32). The predicted octanol–water partition coefficient (Wildman–Crippen LogP) is 2.30. The number of aromatic nitrogens is 2. The zero-order valence-corrected chi connectivity index (χ0v) is 17.5. The number of amides is 1. The van der Waals surface area contributed by atoms with E-state index in [4.69, 9.17) is 4.74 Å². The first kappa shape index (κ1) is 21.7. The molecule has 2 aliphatic carbocycles. The highest BCUT2D eigenvalue weighted by Crippen LogP contribution is 2.51. The summed E-state index contributed by atoms with van der Waals surface area (Å²) >= 11 is 0. The zero-order valence-electron chi connectivity index (χ0n) is 17.5. The lowest BCUT2D eigenvalue weighted by molar-refractivity contribution is -0.174. The van der Waals surface area contributed by atoms with E-state index in [0.29, 0.717) is 6.42 Å². The molecule has 0 spiro atoms. The molecule has 3 heterocycles. The Labute approximate surface area is 184 Å². The van der Waals surface area contributed by atoms with Crippen LogP contribution in [0, 0.1) is 11.7 Å². The Kier molecular flexibility index (Phi) is 4.70. The maximum Gasteiger partial charge on any atom is 0.471 e. The normalized spacial score (nSPS) is 24.0. The number of hydrogen-bond acceptors (Lipinski definition) is 6. The molecule has 8 nitrogen and oxygen atoms in total. The number of nitrogens with zero attached hydrogens (tertiary/aromatic N) is 3. The molecule has 1 aliphatic heterocycles. The van der Waals surface area contributed by atoms with Crippen molar-refractivity contribution in [3.05, 3.63) is 33.9 Å². The largest absolute Gasteiger partial charge is 0.471 e. The molecule has 2 aromatic heterocycles. The number of halogens is 4. The summed E-state index contributed by atoms with van der Waals surface area (Å²) in [5.41, 5.74) is -1.78. The van der Waals surface area contributed by atoms with Gasteiger partial charge in [-0.2, -0.15) is 13.2 Å². The summed E-state index contributed by atoms with van der Waals surface area (Å²) in [6.07, 6.45) is -1.66. The topological polar surface area (TPSA) is 93.5 Å². The Morgan fingerprint density at radius 1 is 1.33 bits per heavy atom. The van der Waals surface area contributed by atoms with Crippen LogP contribution in [-0.4, -0.2) is 52.8 Å². The highest BCUT2D eigenvalue weighted by Gasteiger charge is 2.63. The molecule has 2 atom stereocenters. The van der Waals surface area contributed by atoms with E-state index in [1.54, 1.807) is 11.5 Å². The van der Waals surface area contributed by atoms with Gasteiger partial charge >= 0.3 is 18.1 Å². The number of rotatable bonds is 5. The van der Waals surface area contributed by atoms with Gasteiger partial charge in [0.05, 0.1) is 17.5 Å². The van der Waals surface area contributed by atoms with Crippen LogP contribution in [0.1, 0.15) is 42.6 Å². The van der Waals surface area contributed by atoms with Gasteiger partial charge in [-0.3, -0.25) is 9.59 Å². The number of hydrogen-bond donors (Lipinski definition) is 1. The van der Waals surface area contributed by atoms with Crippen LogP contribution in [0.2, 0.25) is 0 Å². The number of fused-ring (bicyclic) bond motifs is 2. The van der Waals surface area contributed by atoms with Crippen molar-refractivity contribution in [2.75, 3.05) is 24.6 Å². The number of esters is 1. The van der Waals surface area contributed by atoms with E-state index in [0.717, 1.165) is 18.9 Å². The van der Waals surface area contributed by atoms with Crippen molar-refractivity contribution in [3.8, 4) is 0 Å². The highest BCUT2D eigenvalue weighted by molar-refractivity contribution is 5.93. The fourth-order valence-corrected chi connectivity index (χ4v) is 4.58. The van der Waals surface area contributed by atoms with E-state index in [-0.39, 0.29) is 54.1 Å². The van der Waals surface area contributed by atoms with Crippen molar-refractivity contribution in [2.45, 2.75) is 43.9 Å². The Morgan fingerprint density at radius 3 is 2.70 bits per heavy atom. The summed E-state index contributed by atoms with van der Waals surface area (Å²) in [6, 6.07) is 1.00. The van der Waals surface area contributed by atoms with Crippen LogP contribution in [-0.2, 0) is 9.53 Å². The summed E-state index contributed by atoms with van der Waals surface area (Å²) < 4.78 is 59.7. The smallest absolute Gasteiger partial charge is 0.462 e. The molecule has 0 radical (unpaired) electrons. The lowest BCUT2D eigenvalue weighted by Crippen LogP contribution is -2.48. The molecule has 3 aliphatic rings. The Balaban J connectivity index is 1.51. The van der Waals surface area contributed by atoms with Crippen molar-refractivity contribution in [1.29, 1.82) is 0 Å². The van der Waals surface area contributed by atoms with Crippen LogP contribution < -0.4 is 15.6 Å². The summed E-state index contributed by atoms with van der Waals surface area (Å²) in [5, 5.41) is 1.97. The maximum absolute atomic E-state index is 15.1. The van der Waals surface area contributed by atoms with Gasteiger partial charge in [0.25, 0.3) is 0 Å². The van der Waals surface area contributed by atoms with Crippen molar-refractivity contribution in [2.24, 2.45) is 5.92 Å². The van der Waals surface area contributed by atoms with E-state index in [2.05, 4.69) is 4.98 Å². The molecular weight excluding hydrogens is 448 g/mol. The van der Waals surface area contributed by atoms with Gasteiger partial charge in [-0.15, -0.1) is 0 Å². The van der Waals surface area contributed by atoms with Gasteiger partial charge in [-0.1, -0.05) is 0 Å². The van der Waals surface area contributed by atoms with Gasteiger partial charge in [0.2, 0.25) is 5.43 Å². The first-order valence-corrected chi connectivity index (χ1v) is 10.6. The van der Waals surface area contributed by atoms with Gasteiger partial charge in [0, 0.05) is 31.2 Å². The number of anilines is 1. The van der Waals surface area contributed by atoms with Crippen molar-refractivity contribution >= 4 is 28.7 Å². The number of alkyl halides is 3. The van der Waals surface area contributed by atoms with E-state index in [9.17, 15) is 27.6 Å². The van der Waals surface area contributed by atoms with Crippen molar-refractivity contribution in [1.82, 2.24) is 14.9 Å². The summed E-state index contributed by atoms with van der Waals surface area (Å²) in [7, 11) is 0. The van der Waals surface area contributed by atoms with Crippen LogP contribution >= 0.6 is 0 Å². The summed E-state index contributed by atoms with van der Waals surface area (Å²) in [6.45, 7) is 1.88. The lowest BCUT2D eigenvalue weighted by atomic mass is 10.1. The van der Waals surface area contributed by atoms with E-state index in [1.807, 2.05) is 5.32 Å².